The fraction of sp³-hybridized carbons (Fsp3) is 0.214. The van der Waals surface area contributed by atoms with E-state index in [9.17, 15) is 14.4 Å². The number of nitrogens with one attached hydrogen (secondary N) is 3. The van der Waals surface area contributed by atoms with Gasteiger partial charge in [0, 0.05) is 11.4 Å². The molecule has 0 spiro atoms. The van der Waals surface area contributed by atoms with E-state index in [4.69, 9.17) is 9.47 Å². The molecule has 0 bridgehead atoms. The van der Waals surface area contributed by atoms with Crippen LogP contribution < -0.4 is 25.5 Å². The minimum absolute atomic E-state index is 0.206. The number of ether oxygens (including phenoxy) is 2. The fourth-order valence-electron chi connectivity index (χ4n) is 3.71. The van der Waals surface area contributed by atoms with Gasteiger partial charge >= 0.3 is 11.8 Å². The predicted molar refractivity (Wildman–Crippen MR) is 143 cm³/mol. The Bertz CT molecular complexity index is 1330. The van der Waals surface area contributed by atoms with Crippen LogP contribution in [0.15, 0.2) is 59.7 Å². The Balaban J connectivity index is 1.55. The highest BCUT2D eigenvalue weighted by atomic mass is 16.5. The van der Waals surface area contributed by atoms with Gasteiger partial charge in [0.25, 0.3) is 5.91 Å². The first-order chi connectivity index (χ1) is 17.7. The van der Waals surface area contributed by atoms with Crippen LogP contribution in [0.2, 0.25) is 0 Å². The van der Waals surface area contributed by atoms with Crippen LogP contribution in [0.5, 0.6) is 11.5 Å². The average molecular weight is 503 g/mol. The second-order valence-electron chi connectivity index (χ2n) is 8.54. The van der Waals surface area contributed by atoms with E-state index in [1.54, 1.807) is 36.4 Å². The number of amides is 3. The summed E-state index contributed by atoms with van der Waals surface area (Å²) < 4.78 is 11.0. The maximum absolute atomic E-state index is 12.5. The molecule has 0 aliphatic rings. The molecular formula is C28H30N4O5. The molecule has 3 aromatic carbocycles. The standard InChI is InChI=1S/C28H30N4O5/c1-17-7-6-8-22(13-17)30-27(34)28(35)32-29-15-21-9-10-23(24(14-21)36-5)37-16-25(33)31-26-19(3)11-18(2)12-20(26)4/h6-15H,16H2,1-5H3,(H,30,34)(H,31,33)(H,32,35)/b29-15-. The zero-order chi connectivity index (χ0) is 26.9. The zero-order valence-corrected chi connectivity index (χ0v) is 21.5. The molecule has 3 amide bonds. The number of carbonyl (C=O) groups is 3. The second kappa shape index (κ2) is 12.3. The van der Waals surface area contributed by atoms with Gasteiger partial charge in [0.1, 0.15) is 0 Å². The van der Waals surface area contributed by atoms with E-state index in [1.807, 2.05) is 45.9 Å². The Morgan fingerprint density at radius 1 is 0.838 bits per heavy atom. The zero-order valence-electron chi connectivity index (χ0n) is 21.5. The van der Waals surface area contributed by atoms with Crippen molar-refractivity contribution in [1.29, 1.82) is 0 Å². The summed E-state index contributed by atoms with van der Waals surface area (Å²) in [7, 11) is 1.47. The van der Waals surface area contributed by atoms with Crippen molar-refractivity contribution in [2.75, 3.05) is 24.4 Å². The van der Waals surface area contributed by atoms with Crippen LogP contribution in [0, 0.1) is 27.7 Å². The number of methoxy groups -OCH3 is 1. The molecule has 3 rings (SSSR count). The van der Waals surface area contributed by atoms with Crippen LogP contribution in [0.3, 0.4) is 0 Å². The van der Waals surface area contributed by atoms with Crippen molar-refractivity contribution in [3.8, 4) is 11.5 Å². The largest absolute Gasteiger partial charge is 0.493 e. The third-order valence-electron chi connectivity index (χ3n) is 5.35. The molecular weight excluding hydrogens is 472 g/mol. The second-order valence-corrected chi connectivity index (χ2v) is 8.54. The molecule has 192 valence electrons. The van der Waals surface area contributed by atoms with Gasteiger partial charge in [-0.15, -0.1) is 0 Å². The lowest BCUT2D eigenvalue weighted by atomic mass is 10.1. The lowest BCUT2D eigenvalue weighted by Gasteiger charge is -2.14. The first-order valence-electron chi connectivity index (χ1n) is 11.6. The topological polar surface area (TPSA) is 118 Å². The predicted octanol–water partition coefficient (Wildman–Crippen LogP) is 4.04. The van der Waals surface area contributed by atoms with Gasteiger partial charge in [-0.1, -0.05) is 29.8 Å². The lowest BCUT2D eigenvalue weighted by molar-refractivity contribution is -0.136. The van der Waals surface area contributed by atoms with Crippen molar-refractivity contribution >= 4 is 35.3 Å². The molecule has 3 aromatic rings. The summed E-state index contributed by atoms with van der Waals surface area (Å²) >= 11 is 0. The molecule has 0 fully saturated rings. The Kier molecular flexibility index (Phi) is 8.99. The number of aryl methyl sites for hydroxylation is 4. The molecule has 0 aromatic heterocycles. The molecule has 3 N–H and O–H groups in total. The van der Waals surface area contributed by atoms with Crippen LogP contribution in [0.4, 0.5) is 11.4 Å². The number of benzene rings is 3. The molecule has 37 heavy (non-hydrogen) atoms. The summed E-state index contributed by atoms with van der Waals surface area (Å²) in [6.45, 7) is 7.57. The van der Waals surface area contributed by atoms with E-state index in [0.29, 0.717) is 22.7 Å². The Labute approximate surface area is 215 Å². The molecule has 0 heterocycles. The summed E-state index contributed by atoms with van der Waals surface area (Å²) in [5.74, 6) is -1.29. The summed E-state index contributed by atoms with van der Waals surface area (Å²) in [6, 6.07) is 16.0. The normalized spacial score (nSPS) is 10.6. The molecule has 0 unspecified atom stereocenters. The lowest BCUT2D eigenvalue weighted by Crippen LogP contribution is -2.32. The third kappa shape index (κ3) is 7.66. The van der Waals surface area contributed by atoms with Gasteiger partial charge in [0.2, 0.25) is 0 Å². The van der Waals surface area contributed by atoms with Crippen molar-refractivity contribution in [2.45, 2.75) is 27.7 Å². The summed E-state index contributed by atoms with van der Waals surface area (Å²) in [5, 5.41) is 9.23. The van der Waals surface area contributed by atoms with Crippen LogP contribution in [0.25, 0.3) is 0 Å². The van der Waals surface area contributed by atoms with Crippen molar-refractivity contribution in [1.82, 2.24) is 5.43 Å². The summed E-state index contributed by atoms with van der Waals surface area (Å²) in [6.07, 6.45) is 1.36. The number of nitrogens with zero attached hydrogens (tertiary/aromatic N) is 1. The maximum Gasteiger partial charge on any atom is 0.329 e. The number of hydrogen-bond acceptors (Lipinski definition) is 6. The molecule has 0 saturated carbocycles. The first kappa shape index (κ1) is 26.9. The monoisotopic (exact) mass is 502 g/mol. The molecule has 0 aliphatic heterocycles. The van der Waals surface area contributed by atoms with E-state index in [0.717, 1.165) is 27.9 Å². The molecule has 9 nitrogen and oxygen atoms in total. The Morgan fingerprint density at radius 3 is 2.24 bits per heavy atom. The van der Waals surface area contributed by atoms with Crippen molar-refractivity contribution in [3.63, 3.8) is 0 Å². The van der Waals surface area contributed by atoms with Crippen molar-refractivity contribution in [3.05, 3.63) is 82.4 Å². The number of hydrazone groups is 1. The van der Waals surface area contributed by atoms with Crippen molar-refractivity contribution in [2.24, 2.45) is 5.10 Å². The number of anilines is 2. The number of hydrogen-bond donors (Lipinski definition) is 3. The van der Waals surface area contributed by atoms with Gasteiger partial charge in [-0.3, -0.25) is 14.4 Å². The highest BCUT2D eigenvalue weighted by Gasteiger charge is 2.14. The summed E-state index contributed by atoms with van der Waals surface area (Å²) in [5.41, 5.74) is 8.09. The first-order valence-corrected chi connectivity index (χ1v) is 11.6. The van der Waals surface area contributed by atoms with E-state index >= 15 is 0 Å². The quantitative estimate of drug-likeness (QED) is 0.244. The highest BCUT2D eigenvalue weighted by molar-refractivity contribution is 6.39. The van der Waals surface area contributed by atoms with Gasteiger partial charge in [-0.2, -0.15) is 5.10 Å². The van der Waals surface area contributed by atoms with Gasteiger partial charge in [-0.25, -0.2) is 5.43 Å². The summed E-state index contributed by atoms with van der Waals surface area (Å²) in [4.78, 5) is 36.5. The average Bonchev–Trinajstić information content (AvgIpc) is 2.85. The SMILES string of the molecule is COc1cc(/C=N\NC(=O)C(=O)Nc2cccc(C)c2)ccc1OCC(=O)Nc1c(C)cc(C)cc1C. The minimum atomic E-state index is -0.908. The number of rotatable bonds is 8. The number of carbonyl (C=O) groups excluding carboxylic acids is 3. The van der Waals surface area contributed by atoms with Crippen LogP contribution in [-0.2, 0) is 14.4 Å². The van der Waals surface area contributed by atoms with Crippen LogP contribution in [0.1, 0.15) is 27.8 Å². The van der Waals surface area contributed by atoms with Gasteiger partial charge < -0.3 is 20.1 Å². The van der Waals surface area contributed by atoms with Crippen LogP contribution >= 0.6 is 0 Å². The van der Waals surface area contributed by atoms with Crippen molar-refractivity contribution < 1.29 is 23.9 Å². The Hall–Kier alpha value is -4.66. The molecule has 0 saturated heterocycles. The van der Waals surface area contributed by atoms with E-state index in [2.05, 4.69) is 21.2 Å². The maximum atomic E-state index is 12.5. The minimum Gasteiger partial charge on any atom is -0.493 e. The highest BCUT2D eigenvalue weighted by Crippen LogP contribution is 2.28. The third-order valence-corrected chi connectivity index (χ3v) is 5.35. The van der Waals surface area contributed by atoms with Crippen LogP contribution in [-0.4, -0.2) is 37.7 Å². The Morgan fingerprint density at radius 2 is 1.57 bits per heavy atom. The van der Waals surface area contributed by atoms with Gasteiger partial charge in [-0.05, 0) is 80.3 Å². The van der Waals surface area contributed by atoms with Gasteiger partial charge in [0.15, 0.2) is 18.1 Å². The smallest absolute Gasteiger partial charge is 0.329 e. The molecule has 0 radical (unpaired) electrons. The van der Waals surface area contributed by atoms with E-state index < -0.39 is 11.8 Å². The molecule has 0 atom stereocenters. The molecule has 9 heteroatoms. The van der Waals surface area contributed by atoms with Gasteiger partial charge in [0.05, 0.1) is 13.3 Å². The molecule has 0 aliphatic carbocycles. The van der Waals surface area contributed by atoms with E-state index in [1.165, 1.54) is 13.3 Å². The van der Waals surface area contributed by atoms with E-state index in [-0.39, 0.29) is 12.5 Å². The fourth-order valence-corrected chi connectivity index (χ4v) is 3.71.